The number of fused-ring (bicyclic) bond motifs is 1. The lowest BCUT2D eigenvalue weighted by Gasteiger charge is -2.05. The molecule has 9 heteroatoms. The monoisotopic (exact) mass is 348 g/mol. The second kappa shape index (κ2) is 6.46. The molecule has 0 aliphatic carbocycles. The summed E-state index contributed by atoms with van der Waals surface area (Å²) in [6.45, 7) is 0.638. The summed E-state index contributed by atoms with van der Waals surface area (Å²) in [5, 5.41) is 0. The number of aromatic amines is 1. The second-order valence-electron chi connectivity index (χ2n) is 4.93. The third-order valence-electron chi connectivity index (χ3n) is 3.38. The summed E-state index contributed by atoms with van der Waals surface area (Å²) in [6.07, 6.45) is 1.24. The summed E-state index contributed by atoms with van der Waals surface area (Å²) in [7, 11) is -2.27. The number of sulfone groups is 1. The number of nitrogens with two attached hydrogens (primary N) is 1. The number of anilines is 1. The van der Waals surface area contributed by atoms with Crippen molar-refractivity contribution in [2.24, 2.45) is 0 Å². The molecule has 24 heavy (non-hydrogen) atoms. The van der Waals surface area contributed by atoms with Crippen LogP contribution in [0.15, 0.2) is 46.5 Å². The summed E-state index contributed by atoms with van der Waals surface area (Å²) >= 11 is 0. The van der Waals surface area contributed by atoms with Crippen LogP contribution in [-0.2, 0) is 14.6 Å². The highest BCUT2D eigenvalue weighted by Gasteiger charge is 2.27. The van der Waals surface area contributed by atoms with Crippen LogP contribution in [0.5, 0.6) is 5.88 Å². The number of nitrogen functional groups attached to an aromatic ring is 1. The van der Waals surface area contributed by atoms with Crippen molar-refractivity contribution in [3.05, 3.63) is 36.7 Å². The van der Waals surface area contributed by atoms with Crippen molar-refractivity contribution < 1.29 is 17.9 Å². The van der Waals surface area contributed by atoms with Crippen molar-refractivity contribution in [1.29, 1.82) is 0 Å². The van der Waals surface area contributed by atoms with Gasteiger partial charge in [0.15, 0.2) is 0 Å². The molecule has 3 aromatic rings. The molecule has 0 aliphatic rings. The van der Waals surface area contributed by atoms with E-state index in [2.05, 4.69) is 15.0 Å². The van der Waals surface area contributed by atoms with Crippen LogP contribution >= 0.6 is 0 Å². The number of nitrogens with zero attached hydrogens (tertiary/aromatic N) is 2. The zero-order valence-electron chi connectivity index (χ0n) is 12.9. The van der Waals surface area contributed by atoms with Gasteiger partial charge in [0, 0.05) is 7.11 Å². The van der Waals surface area contributed by atoms with E-state index < -0.39 is 9.84 Å². The number of ether oxygens (including phenoxy) is 2. The fourth-order valence-electron chi connectivity index (χ4n) is 2.29. The zero-order chi connectivity index (χ0) is 17.2. The van der Waals surface area contributed by atoms with Gasteiger partial charge in [0.05, 0.1) is 11.5 Å². The van der Waals surface area contributed by atoms with Crippen LogP contribution in [0.1, 0.15) is 0 Å². The van der Waals surface area contributed by atoms with Crippen LogP contribution in [0.3, 0.4) is 0 Å². The molecule has 0 unspecified atom stereocenters. The number of methoxy groups -OCH3 is 1. The number of rotatable bonds is 6. The van der Waals surface area contributed by atoms with Crippen LogP contribution in [0.4, 0.5) is 5.82 Å². The molecule has 8 nitrogen and oxygen atoms in total. The Morgan fingerprint density at radius 1 is 1.17 bits per heavy atom. The predicted octanol–water partition coefficient (Wildman–Crippen LogP) is 1.40. The topological polar surface area (TPSA) is 120 Å². The summed E-state index contributed by atoms with van der Waals surface area (Å²) in [6, 6.07) is 8.04. The van der Waals surface area contributed by atoms with Gasteiger partial charge in [0.25, 0.3) is 0 Å². The lowest BCUT2D eigenvalue weighted by molar-refractivity contribution is 0.144. The van der Waals surface area contributed by atoms with Gasteiger partial charge in [0.2, 0.25) is 15.7 Å². The first-order chi connectivity index (χ1) is 11.6. The van der Waals surface area contributed by atoms with Gasteiger partial charge in [-0.3, -0.25) is 0 Å². The SMILES string of the molecule is COCCOc1ncnc2c(S(=O)(=O)c3ccccc3)c(N)[nH]c12. The zero-order valence-corrected chi connectivity index (χ0v) is 13.7. The van der Waals surface area contributed by atoms with E-state index in [1.165, 1.54) is 18.5 Å². The van der Waals surface area contributed by atoms with E-state index in [0.29, 0.717) is 12.1 Å². The van der Waals surface area contributed by atoms with Crippen molar-refractivity contribution in [3.63, 3.8) is 0 Å². The molecular formula is C15H16N4O4S. The molecule has 0 fully saturated rings. The van der Waals surface area contributed by atoms with E-state index in [0.717, 1.165) is 0 Å². The molecule has 0 radical (unpaired) electrons. The Kier molecular flexibility index (Phi) is 4.36. The van der Waals surface area contributed by atoms with Gasteiger partial charge in [-0.25, -0.2) is 13.4 Å². The summed E-state index contributed by atoms with van der Waals surface area (Å²) in [4.78, 5) is 10.9. The Morgan fingerprint density at radius 2 is 1.92 bits per heavy atom. The van der Waals surface area contributed by atoms with Crippen LogP contribution in [-0.4, -0.2) is 43.7 Å². The average molecular weight is 348 g/mol. The maximum atomic E-state index is 12.9. The van der Waals surface area contributed by atoms with Crippen molar-refractivity contribution in [2.75, 3.05) is 26.1 Å². The lowest BCUT2D eigenvalue weighted by Crippen LogP contribution is -2.06. The highest BCUT2D eigenvalue weighted by Crippen LogP contribution is 2.34. The van der Waals surface area contributed by atoms with E-state index in [1.54, 1.807) is 25.3 Å². The van der Waals surface area contributed by atoms with Crippen molar-refractivity contribution >= 4 is 26.7 Å². The van der Waals surface area contributed by atoms with Gasteiger partial charge in [-0.2, -0.15) is 4.98 Å². The highest BCUT2D eigenvalue weighted by atomic mass is 32.2. The van der Waals surface area contributed by atoms with Crippen LogP contribution in [0, 0.1) is 0 Å². The minimum atomic E-state index is -3.82. The van der Waals surface area contributed by atoms with Gasteiger partial charge in [-0.15, -0.1) is 0 Å². The Labute approximate surface area is 138 Å². The fraction of sp³-hybridized carbons (Fsp3) is 0.200. The minimum Gasteiger partial charge on any atom is -0.474 e. The van der Waals surface area contributed by atoms with Gasteiger partial charge in [-0.1, -0.05) is 18.2 Å². The number of H-pyrrole nitrogens is 1. The largest absolute Gasteiger partial charge is 0.474 e. The van der Waals surface area contributed by atoms with Crippen LogP contribution in [0.25, 0.3) is 11.0 Å². The third kappa shape index (κ3) is 2.79. The predicted molar refractivity (Wildman–Crippen MR) is 87.6 cm³/mol. The van der Waals surface area contributed by atoms with E-state index in [9.17, 15) is 8.42 Å². The van der Waals surface area contributed by atoms with E-state index in [-0.39, 0.29) is 33.6 Å². The maximum absolute atomic E-state index is 12.9. The Morgan fingerprint density at radius 3 is 2.62 bits per heavy atom. The molecule has 3 rings (SSSR count). The first-order valence-corrected chi connectivity index (χ1v) is 8.58. The lowest BCUT2D eigenvalue weighted by atomic mass is 10.4. The Bertz CT molecular complexity index is 954. The van der Waals surface area contributed by atoms with Gasteiger partial charge >= 0.3 is 0 Å². The molecule has 0 aliphatic heterocycles. The minimum absolute atomic E-state index is 0.00838. The van der Waals surface area contributed by atoms with Crippen molar-refractivity contribution in [2.45, 2.75) is 9.79 Å². The molecule has 126 valence electrons. The maximum Gasteiger partial charge on any atom is 0.241 e. The van der Waals surface area contributed by atoms with E-state index in [4.69, 9.17) is 15.2 Å². The molecule has 0 spiro atoms. The molecule has 2 heterocycles. The quantitative estimate of drug-likeness (QED) is 0.646. The van der Waals surface area contributed by atoms with E-state index >= 15 is 0 Å². The smallest absolute Gasteiger partial charge is 0.241 e. The number of hydrogen-bond acceptors (Lipinski definition) is 7. The first-order valence-electron chi connectivity index (χ1n) is 7.09. The normalized spacial score (nSPS) is 11.7. The Hall–Kier alpha value is -2.65. The average Bonchev–Trinajstić information content (AvgIpc) is 2.93. The molecule has 3 N–H and O–H groups in total. The van der Waals surface area contributed by atoms with Crippen molar-refractivity contribution in [1.82, 2.24) is 15.0 Å². The standard InChI is InChI=1S/C15H16N4O4S/c1-22-7-8-23-15-12-11(17-9-18-15)13(14(16)19-12)24(20,21)10-5-3-2-4-6-10/h2-6,9,19H,7-8,16H2,1H3. The molecule has 1 aromatic carbocycles. The summed E-state index contributed by atoms with van der Waals surface area (Å²) in [5.74, 6) is 0.212. The third-order valence-corrected chi connectivity index (χ3v) is 5.22. The molecule has 0 saturated heterocycles. The Balaban J connectivity index is 2.13. The molecular weight excluding hydrogens is 332 g/mol. The number of nitrogens with one attached hydrogen (secondary N) is 1. The van der Waals surface area contributed by atoms with Gasteiger partial charge < -0.3 is 20.2 Å². The summed E-state index contributed by atoms with van der Waals surface area (Å²) < 4.78 is 36.2. The molecule has 0 amide bonds. The molecule has 0 bridgehead atoms. The fourth-order valence-corrected chi connectivity index (χ4v) is 3.79. The number of aromatic nitrogens is 3. The van der Waals surface area contributed by atoms with E-state index in [1.807, 2.05) is 0 Å². The second-order valence-corrected chi connectivity index (χ2v) is 6.81. The summed E-state index contributed by atoms with van der Waals surface area (Å²) in [5.41, 5.74) is 6.44. The number of hydrogen-bond donors (Lipinski definition) is 2. The highest BCUT2D eigenvalue weighted by molar-refractivity contribution is 7.92. The van der Waals surface area contributed by atoms with Gasteiger partial charge in [-0.05, 0) is 12.1 Å². The van der Waals surface area contributed by atoms with Crippen LogP contribution in [0.2, 0.25) is 0 Å². The molecule has 2 aromatic heterocycles. The molecule has 0 atom stereocenters. The van der Waals surface area contributed by atoms with Gasteiger partial charge in [0.1, 0.15) is 34.7 Å². The first kappa shape index (κ1) is 16.2. The van der Waals surface area contributed by atoms with Crippen molar-refractivity contribution in [3.8, 4) is 5.88 Å². The number of benzene rings is 1. The van der Waals surface area contributed by atoms with Crippen LogP contribution < -0.4 is 10.5 Å². The molecule has 0 saturated carbocycles.